The van der Waals surface area contributed by atoms with Gasteiger partial charge in [0, 0.05) is 13.1 Å². The molecule has 7 heteroatoms. The molecule has 0 spiro atoms. The van der Waals surface area contributed by atoms with Crippen LogP contribution in [-0.2, 0) is 0 Å². The molecule has 0 radical (unpaired) electrons. The molecule has 0 saturated carbocycles. The van der Waals surface area contributed by atoms with Crippen molar-refractivity contribution in [1.82, 2.24) is 4.90 Å². The molecule has 2 N–H and O–H groups in total. The normalized spacial score (nSPS) is 21.5. The monoisotopic (exact) mass is 227 g/mol. The Bertz CT molecular complexity index is 236. The highest BCUT2D eigenvalue weighted by atomic mass is 19.4. The Balaban J connectivity index is 2.47. The molecule has 1 amide bonds. The molecule has 1 aliphatic heterocycles. The van der Waals surface area contributed by atoms with E-state index in [0.29, 0.717) is 0 Å². The van der Waals surface area contributed by atoms with Gasteiger partial charge >= 0.3 is 12.3 Å². The number of aliphatic hydroxyl groups is 1. The third-order valence-corrected chi connectivity index (χ3v) is 2.59. The van der Waals surface area contributed by atoms with Gasteiger partial charge in [0.2, 0.25) is 0 Å². The number of carbonyl (C=O) groups is 1. The molecule has 1 rings (SSSR count). The number of carboxylic acid groups (broad SMARTS) is 1. The highest BCUT2D eigenvalue weighted by Gasteiger charge is 2.44. The molecule has 1 heterocycles. The van der Waals surface area contributed by atoms with E-state index in [9.17, 15) is 18.0 Å². The highest BCUT2D eigenvalue weighted by Crippen LogP contribution is 2.31. The molecule has 0 aromatic heterocycles. The van der Waals surface area contributed by atoms with E-state index < -0.39 is 24.3 Å². The first-order chi connectivity index (χ1) is 6.82. The summed E-state index contributed by atoms with van der Waals surface area (Å²) in [5.74, 6) is -0.888. The third-order valence-electron chi connectivity index (χ3n) is 2.59. The molecule has 1 fully saturated rings. The molecule has 1 aliphatic rings. The molecule has 0 aromatic rings. The van der Waals surface area contributed by atoms with Crippen LogP contribution in [0, 0.1) is 5.92 Å². The minimum atomic E-state index is -4.62. The Labute approximate surface area is 84.3 Å². The van der Waals surface area contributed by atoms with Gasteiger partial charge in [0.05, 0.1) is 0 Å². The Morgan fingerprint density at radius 1 is 1.33 bits per heavy atom. The van der Waals surface area contributed by atoms with Crippen LogP contribution in [0.2, 0.25) is 0 Å². The number of nitrogens with zero attached hydrogens (tertiary/aromatic N) is 1. The number of alkyl halides is 3. The maximum Gasteiger partial charge on any atom is 0.414 e. The van der Waals surface area contributed by atoms with Crippen molar-refractivity contribution in [3.63, 3.8) is 0 Å². The second kappa shape index (κ2) is 4.26. The second-order valence-electron chi connectivity index (χ2n) is 3.59. The molecular formula is C8H12F3NO3. The topological polar surface area (TPSA) is 60.8 Å². The van der Waals surface area contributed by atoms with Crippen LogP contribution >= 0.6 is 0 Å². The van der Waals surface area contributed by atoms with E-state index >= 15 is 0 Å². The zero-order chi connectivity index (χ0) is 11.6. The predicted molar refractivity (Wildman–Crippen MR) is 44.4 cm³/mol. The fourth-order valence-electron chi connectivity index (χ4n) is 1.67. The quantitative estimate of drug-likeness (QED) is 0.709. The van der Waals surface area contributed by atoms with E-state index in [1.165, 1.54) is 0 Å². The van der Waals surface area contributed by atoms with E-state index in [1.807, 2.05) is 0 Å². The van der Waals surface area contributed by atoms with Gasteiger partial charge in [0.25, 0.3) is 0 Å². The maximum absolute atomic E-state index is 12.1. The lowest BCUT2D eigenvalue weighted by atomic mass is 9.91. The van der Waals surface area contributed by atoms with Crippen molar-refractivity contribution in [1.29, 1.82) is 0 Å². The summed E-state index contributed by atoms with van der Waals surface area (Å²) in [7, 11) is 0. The molecule has 1 atom stereocenters. The third kappa shape index (κ3) is 2.98. The van der Waals surface area contributed by atoms with E-state index in [4.69, 9.17) is 10.2 Å². The average molecular weight is 227 g/mol. The summed E-state index contributed by atoms with van der Waals surface area (Å²) in [5, 5.41) is 17.5. The van der Waals surface area contributed by atoms with Gasteiger partial charge < -0.3 is 15.1 Å². The van der Waals surface area contributed by atoms with Gasteiger partial charge in [-0.15, -0.1) is 0 Å². The van der Waals surface area contributed by atoms with Gasteiger partial charge in [-0.3, -0.25) is 0 Å². The number of piperidine rings is 1. The molecule has 0 aliphatic carbocycles. The highest BCUT2D eigenvalue weighted by molar-refractivity contribution is 5.64. The first-order valence-corrected chi connectivity index (χ1v) is 4.55. The van der Waals surface area contributed by atoms with Crippen LogP contribution in [0.15, 0.2) is 0 Å². The van der Waals surface area contributed by atoms with E-state index in [0.717, 1.165) is 4.90 Å². The second-order valence-corrected chi connectivity index (χ2v) is 3.59. The lowest BCUT2D eigenvalue weighted by Gasteiger charge is -2.33. The van der Waals surface area contributed by atoms with Crippen LogP contribution in [0.3, 0.4) is 0 Å². The number of amides is 1. The minimum Gasteiger partial charge on any atom is -0.465 e. The molecule has 88 valence electrons. The van der Waals surface area contributed by atoms with Gasteiger partial charge in [-0.25, -0.2) is 4.79 Å². The van der Waals surface area contributed by atoms with E-state index in [-0.39, 0.29) is 25.9 Å². The lowest BCUT2D eigenvalue weighted by Crippen LogP contribution is -2.44. The first-order valence-electron chi connectivity index (χ1n) is 4.55. The number of hydrogen-bond acceptors (Lipinski definition) is 2. The summed E-state index contributed by atoms with van der Waals surface area (Å²) in [4.78, 5) is 11.5. The summed E-state index contributed by atoms with van der Waals surface area (Å²) in [6, 6.07) is 0. The van der Waals surface area contributed by atoms with Gasteiger partial charge in [-0.2, -0.15) is 13.2 Å². The number of rotatable bonds is 1. The summed E-state index contributed by atoms with van der Waals surface area (Å²) < 4.78 is 36.3. The zero-order valence-corrected chi connectivity index (χ0v) is 7.87. The fourth-order valence-corrected chi connectivity index (χ4v) is 1.67. The van der Waals surface area contributed by atoms with Crippen molar-refractivity contribution >= 4 is 6.09 Å². The van der Waals surface area contributed by atoms with Crippen LogP contribution in [0.4, 0.5) is 18.0 Å². The molecular weight excluding hydrogens is 215 g/mol. The average Bonchev–Trinajstić information content (AvgIpc) is 2.15. The molecule has 0 aromatic carbocycles. The van der Waals surface area contributed by atoms with Crippen molar-refractivity contribution in [2.24, 2.45) is 5.92 Å². The van der Waals surface area contributed by atoms with E-state index in [2.05, 4.69) is 0 Å². The number of halogens is 3. The largest absolute Gasteiger partial charge is 0.465 e. The van der Waals surface area contributed by atoms with Gasteiger partial charge in [-0.1, -0.05) is 0 Å². The molecule has 1 unspecified atom stereocenters. The Morgan fingerprint density at radius 2 is 1.80 bits per heavy atom. The Kier molecular flexibility index (Phi) is 3.43. The summed E-state index contributed by atoms with van der Waals surface area (Å²) >= 11 is 0. The van der Waals surface area contributed by atoms with Crippen LogP contribution in [0.25, 0.3) is 0 Å². The first kappa shape index (κ1) is 12.1. The van der Waals surface area contributed by atoms with Crippen molar-refractivity contribution in [2.75, 3.05) is 13.1 Å². The molecule has 1 saturated heterocycles. The number of aliphatic hydroxyl groups excluding tert-OH is 1. The van der Waals surface area contributed by atoms with Crippen LogP contribution in [-0.4, -0.2) is 46.6 Å². The zero-order valence-electron chi connectivity index (χ0n) is 7.87. The minimum absolute atomic E-state index is 0.0486. The Hall–Kier alpha value is -0.980. The predicted octanol–water partition coefficient (Wildman–Crippen LogP) is 1.30. The van der Waals surface area contributed by atoms with Crippen LogP contribution in [0.5, 0.6) is 0 Å². The van der Waals surface area contributed by atoms with Crippen molar-refractivity contribution < 1.29 is 28.2 Å². The van der Waals surface area contributed by atoms with Gasteiger partial charge in [0.15, 0.2) is 6.10 Å². The Morgan fingerprint density at radius 3 is 2.13 bits per heavy atom. The molecule has 4 nitrogen and oxygen atoms in total. The van der Waals surface area contributed by atoms with Crippen LogP contribution < -0.4 is 0 Å². The molecule has 15 heavy (non-hydrogen) atoms. The number of hydrogen-bond donors (Lipinski definition) is 2. The van der Waals surface area contributed by atoms with Gasteiger partial charge in [-0.05, 0) is 18.8 Å². The van der Waals surface area contributed by atoms with Crippen molar-refractivity contribution in [2.45, 2.75) is 25.1 Å². The summed E-state index contributed by atoms with van der Waals surface area (Å²) in [6.45, 7) is 0.0975. The molecule has 0 bridgehead atoms. The SMILES string of the molecule is O=C(O)N1CCC(C(O)C(F)(F)F)CC1. The fraction of sp³-hybridized carbons (Fsp3) is 0.875. The maximum atomic E-state index is 12.1. The smallest absolute Gasteiger partial charge is 0.414 e. The number of likely N-dealkylation sites (tertiary alicyclic amines) is 1. The van der Waals surface area contributed by atoms with Gasteiger partial charge in [0.1, 0.15) is 0 Å². The van der Waals surface area contributed by atoms with E-state index in [1.54, 1.807) is 0 Å². The summed E-state index contributed by atoms with van der Waals surface area (Å²) in [6.07, 6.45) is -7.99. The van der Waals surface area contributed by atoms with Crippen LogP contribution in [0.1, 0.15) is 12.8 Å². The lowest BCUT2D eigenvalue weighted by molar-refractivity contribution is -0.222. The standard InChI is InChI=1S/C8H12F3NO3/c9-8(10,11)6(13)5-1-3-12(4-2-5)7(14)15/h5-6,13H,1-4H2,(H,14,15). The summed E-state index contributed by atoms with van der Waals surface area (Å²) in [5.41, 5.74) is 0. The van der Waals surface area contributed by atoms with Crippen molar-refractivity contribution in [3.8, 4) is 0 Å². The van der Waals surface area contributed by atoms with Crippen molar-refractivity contribution in [3.05, 3.63) is 0 Å².